The molecule has 1 heterocycles. The monoisotopic (exact) mass is 238 g/mol. The number of ether oxygens (including phenoxy) is 3. The van der Waals surface area contributed by atoms with E-state index in [0.717, 1.165) is 12.0 Å². The molecule has 0 N–H and O–H groups in total. The molecular formula is C13H18O4. The highest BCUT2D eigenvalue weighted by atomic mass is 16.8. The molecule has 1 saturated heterocycles. The normalized spacial score (nSPS) is 34.1. The second-order valence-electron chi connectivity index (χ2n) is 4.74. The third-order valence-electron chi connectivity index (χ3n) is 3.11. The minimum absolute atomic E-state index is 0.389. The van der Waals surface area contributed by atoms with Crippen molar-refractivity contribution < 1.29 is 19.0 Å². The third kappa shape index (κ3) is 1.81. The summed E-state index contributed by atoms with van der Waals surface area (Å²) >= 11 is 0. The van der Waals surface area contributed by atoms with Gasteiger partial charge in [-0.3, -0.25) is 0 Å². The van der Waals surface area contributed by atoms with Crippen LogP contribution >= 0.6 is 0 Å². The zero-order chi connectivity index (χ0) is 12.7. The number of carbonyl (C=O) groups is 1. The Labute approximate surface area is 101 Å². The fraction of sp³-hybridized carbons (Fsp3) is 0.615. The molecule has 0 bridgehead atoms. The van der Waals surface area contributed by atoms with E-state index >= 15 is 0 Å². The van der Waals surface area contributed by atoms with Gasteiger partial charge in [0.15, 0.2) is 5.79 Å². The summed E-state index contributed by atoms with van der Waals surface area (Å²) in [6.07, 6.45) is 5.94. The Bertz CT molecular complexity index is 394. The predicted octanol–water partition coefficient (Wildman–Crippen LogP) is 1.96. The lowest BCUT2D eigenvalue weighted by Crippen LogP contribution is -2.48. The van der Waals surface area contributed by atoms with Crippen molar-refractivity contribution in [1.82, 2.24) is 0 Å². The Morgan fingerprint density at radius 1 is 1.53 bits per heavy atom. The van der Waals surface area contributed by atoms with E-state index in [-0.39, 0.29) is 6.10 Å². The van der Waals surface area contributed by atoms with Gasteiger partial charge in [-0.05, 0) is 31.9 Å². The summed E-state index contributed by atoms with van der Waals surface area (Å²) in [5.74, 6) is -1.20. The van der Waals surface area contributed by atoms with E-state index in [4.69, 9.17) is 14.2 Å². The first kappa shape index (κ1) is 12.3. The molecule has 1 fully saturated rings. The SMILES string of the molecule is CCC1=CC=C[C@]2(C(=O)OC)OC(C)(C)O[C@H]12. The van der Waals surface area contributed by atoms with Gasteiger partial charge in [-0.15, -0.1) is 0 Å². The van der Waals surface area contributed by atoms with Crippen LogP contribution in [0.4, 0.5) is 0 Å². The van der Waals surface area contributed by atoms with Crippen molar-refractivity contribution in [2.24, 2.45) is 0 Å². The van der Waals surface area contributed by atoms with Crippen LogP contribution < -0.4 is 0 Å². The first-order valence-electron chi connectivity index (χ1n) is 5.80. The summed E-state index contributed by atoms with van der Waals surface area (Å²) in [5.41, 5.74) is -0.0818. The highest BCUT2D eigenvalue weighted by Crippen LogP contribution is 2.44. The topological polar surface area (TPSA) is 44.8 Å². The van der Waals surface area contributed by atoms with Crippen molar-refractivity contribution in [2.45, 2.75) is 44.7 Å². The Kier molecular flexibility index (Phi) is 2.87. The van der Waals surface area contributed by atoms with Gasteiger partial charge >= 0.3 is 5.97 Å². The summed E-state index contributed by atoms with van der Waals surface area (Å²) < 4.78 is 16.5. The van der Waals surface area contributed by atoms with Gasteiger partial charge in [-0.1, -0.05) is 19.1 Å². The minimum Gasteiger partial charge on any atom is -0.467 e. The van der Waals surface area contributed by atoms with E-state index < -0.39 is 17.4 Å². The maximum Gasteiger partial charge on any atom is 0.345 e. The lowest BCUT2D eigenvalue weighted by atomic mass is 9.85. The molecule has 0 unspecified atom stereocenters. The van der Waals surface area contributed by atoms with Gasteiger partial charge in [-0.25, -0.2) is 4.79 Å². The lowest BCUT2D eigenvalue weighted by molar-refractivity contribution is -0.179. The van der Waals surface area contributed by atoms with Crippen molar-refractivity contribution in [3.05, 3.63) is 23.8 Å². The number of fused-ring (bicyclic) bond motifs is 1. The first-order valence-corrected chi connectivity index (χ1v) is 5.80. The summed E-state index contributed by atoms with van der Waals surface area (Å²) in [5, 5.41) is 0. The molecule has 17 heavy (non-hydrogen) atoms. The molecule has 94 valence electrons. The molecule has 0 saturated carbocycles. The fourth-order valence-electron chi connectivity index (χ4n) is 2.41. The van der Waals surface area contributed by atoms with Gasteiger partial charge in [0.2, 0.25) is 5.60 Å². The molecule has 0 amide bonds. The van der Waals surface area contributed by atoms with Crippen LogP contribution in [0, 0.1) is 0 Å². The molecule has 0 radical (unpaired) electrons. The maximum atomic E-state index is 12.0. The minimum atomic E-state index is -1.13. The second-order valence-corrected chi connectivity index (χ2v) is 4.74. The van der Waals surface area contributed by atoms with Crippen LogP contribution in [-0.4, -0.2) is 30.6 Å². The van der Waals surface area contributed by atoms with E-state index in [1.165, 1.54) is 7.11 Å². The van der Waals surface area contributed by atoms with Crippen LogP contribution in [0.2, 0.25) is 0 Å². The highest BCUT2D eigenvalue weighted by molar-refractivity contribution is 5.85. The van der Waals surface area contributed by atoms with Gasteiger partial charge < -0.3 is 14.2 Å². The molecule has 4 nitrogen and oxygen atoms in total. The number of hydrogen-bond donors (Lipinski definition) is 0. The van der Waals surface area contributed by atoms with E-state index in [1.807, 2.05) is 19.1 Å². The molecule has 0 spiro atoms. The number of rotatable bonds is 2. The molecule has 0 aromatic heterocycles. The number of esters is 1. The van der Waals surface area contributed by atoms with Crippen molar-refractivity contribution >= 4 is 5.97 Å². The second kappa shape index (κ2) is 3.96. The largest absolute Gasteiger partial charge is 0.467 e. The van der Waals surface area contributed by atoms with Gasteiger partial charge in [0, 0.05) is 0 Å². The molecular weight excluding hydrogens is 220 g/mol. The number of hydrogen-bond acceptors (Lipinski definition) is 4. The summed E-state index contributed by atoms with van der Waals surface area (Å²) in [7, 11) is 1.36. The zero-order valence-corrected chi connectivity index (χ0v) is 10.6. The van der Waals surface area contributed by atoms with Gasteiger partial charge in [-0.2, -0.15) is 0 Å². The maximum absolute atomic E-state index is 12.0. The Morgan fingerprint density at radius 3 is 2.82 bits per heavy atom. The third-order valence-corrected chi connectivity index (χ3v) is 3.11. The van der Waals surface area contributed by atoms with Crippen LogP contribution in [0.3, 0.4) is 0 Å². The van der Waals surface area contributed by atoms with Crippen molar-refractivity contribution in [3.63, 3.8) is 0 Å². The van der Waals surface area contributed by atoms with E-state index in [9.17, 15) is 4.79 Å². The van der Waals surface area contributed by atoms with Gasteiger partial charge in [0.05, 0.1) is 7.11 Å². The summed E-state index contributed by atoms with van der Waals surface area (Å²) in [4.78, 5) is 12.0. The van der Waals surface area contributed by atoms with Crippen molar-refractivity contribution in [1.29, 1.82) is 0 Å². The van der Waals surface area contributed by atoms with Crippen LogP contribution in [0.5, 0.6) is 0 Å². The molecule has 4 heteroatoms. The average Bonchev–Trinajstić information content (AvgIpc) is 2.58. The van der Waals surface area contributed by atoms with Crippen LogP contribution in [0.15, 0.2) is 23.8 Å². The Hall–Kier alpha value is -1.13. The Balaban J connectivity index is 2.44. The summed E-state index contributed by atoms with van der Waals surface area (Å²) in [6, 6.07) is 0. The molecule has 1 aliphatic heterocycles. The molecule has 1 aliphatic carbocycles. The fourth-order valence-corrected chi connectivity index (χ4v) is 2.41. The van der Waals surface area contributed by atoms with Crippen LogP contribution in [-0.2, 0) is 19.0 Å². The van der Waals surface area contributed by atoms with E-state index in [2.05, 4.69) is 0 Å². The number of allylic oxidation sites excluding steroid dienone is 2. The molecule has 2 rings (SSSR count). The van der Waals surface area contributed by atoms with Crippen LogP contribution in [0.1, 0.15) is 27.2 Å². The zero-order valence-electron chi connectivity index (χ0n) is 10.6. The van der Waals surface area contributed by atoms with Crippen LogP contribution in [0.25, 0.3) is 0 Å². The number of carbonyl (C=O) groups excluding carboxylic acids is 1. The number of methoxy groups -OCH3 is 1. The summed E-state index contributed by atoms with van der Waals surface area (Å²) in [6.45, 7) is 5.63. The van der Waals surface area contributed by atoms with Crippen molar-refractivity contribution in [3.8, 4) is 0 Å². The smallest absolute Gasteiger partial charge is 0.345 e. The Morgan fingerprint density at radius 2 is 2.24 bits per heavy atom. The average molecular weight is 238 g/mol. The quantitative estimate of drug-likeness (QED) is 0.690. The molecule has 0 aromatic rings. The molecule has 2 atom stereocenters. The van der Waals surface area contributed by atoms with E-state index in [1.54, 1.807) is 19.9 Å². The predicted molar refractivity (Wildman–Crippen MR) is 62.3 cm³/mol. The van der Waals surface area contributed by atoms with Gasteiger partial charge in [0.1, 0.15) is 6.10 Å². The van der Waals surface area contributed by atoms with Gasteiger partial charge in [0.25, 0.3) is 0 Å². The lowest BCUT2D eigenvalue weighted by Gasteiger charge is -2.30. The van der Waals surface area contributed by atoms with Crippen molar-refractivity contribution in [2.75, 3.05) is 7.11 Å². The molecule has 2 aliphatic rings. The first-order chi connectivity index (χ1) is 7.95. The standard InChI is InChI=1S/C13H18O4/c1-5-9-7-6-8-13(11(14)15-4)10(9)16-12(2,3)17-13/h6-8,10H,5H2,1-4H3/t10-,13+/m1/s1. The molecule has 0 aromatic carbocycles. The van der Waals surface area contributed by atoms with E-state index in [0.29, 0.717) is 0 Å². The highest BCUT2D eigenvalue weighted by Gasteiger charge is 2.59.